The minimum atomic E-state index is 0.785. The summed E-state index contributed by atoms with van der Waals surface area (Å²) in [6.07, 6.45) is 1.81. The van der Waals surface area contributed by atoms with Crippen LogP contribution in [0, 0.1) is 0 Å². The third kappa shape index (κ3) is 4.02. The summed E-state index contributed by atoms with van der Waals surface area (Å²) in [7, 11) is 2.01. The standard InChI is InChI=1S/C19H23N5S/c1-4-24(5-2)17-11-9-15(10-12-17)18-21-22-19(23(18)3)25-14-16-8-6-7-13-20-16/h6-13H,4-5,14H2,1-3H3. The van der Waals surface area contributed by atoms with E-state index in [4.69, 9.17) is 0 Å². The molecule has 3 rings (SSSR count). The summed E-state index contributed by atoms with van der Waals surface area (Å²) < 4.78 is 2.04. The maximum atomic E-state index is 4.37. The van der Waals surface area contributed by atoms with Crippen molar-refractivity contribution in [1.29, 1.82) is 0 Å². The first kappa shape index (κ1) is 17.5. The van der Waals surface area contributed by atoms with Gasteiger partial charge < -0.3 is 9.47 Å². The topological polar surface area (TPSA) is 46.8 Å². The molecule has 2 heterocycles. The lowest BCUT2D eigenvalue weighted by molar-refractivity contribution is 0.793. The monoisotopic (exact) mass is 353 g/mol. The molecule has 0 saturated carbocycles. The lowest BCUT2D eigenvalue weighted by Gasteiger charge is -2.21. The van der Waals surface area contributed by atoms with Gasteiger partial charge in [0.15, 0.2) is 11.0 Å². The molecule has 0 amide bonds. The molecule has 5 nitrogen and oxygen atoms in total. The van der Waals surface area contributed by atoms with Crippen LogP contribution in [0.1, 0.15) is 19.5 Å². The van der Waals surface area contributed by atoms with E-state index in [9.17, 15) is 0 Å². The van der Waals surface area contributed by atoms with Crippen LogP contribution in [0.2, 0.25) is 0 Å². The van der Waals surface area contributed by atoms with Crippen molar-refractivity contribution in [3.05, 3.63) is 54.4 Å². The zero-order chi connectivity index (χ0) is 17.6. The first-order valence-electron chi connectivity index (χ1n) is 8.50. The minimum absolute atomic E-state index is 0.785. The largest absolute Gasteiger partial charge is 0.372 e. The van der Waals surface area contributed by atoms with E-state index in [0.29, 0.717) is 0 Å². The second-order valence-corrected chi connectivity index (χ2v) is 6.64. The van der Waals surface area contributed by atoms with Gasteiger partial charge in [-0.3, -0.25) is 4.98 Å². The quantitative estimate of drug-likeness (QED) is 0.601. The highest BCUT2D eigenvalue weighted by Gasteiger charge is 2.12. The molecule has 0 atom stereocenters. The molecular formula is C19H23N5S. The maximum absolute atomic E-state index is 4.37. The number of thioether (sulfide) groups is 1. The van der Waals surface area contributed by atoms with Crippen molar-refractivity contribution < 1.29 is 0 Å². The number of benzene rings is 1. The average molecular weight is 353 g/mol. The number of nitrogens with zero attached hydrogens (tertiary/aromatic N) is 5. The highest BCUT2D eigenvalue weighted by Crippen LogP contribution is 2.26. The van der Waals surface area contributed by atoms with E-state index in [2.05, 4.69) is 58.2 Å². The summed E-state index contributed by atoms with van der Waals surface area (Å²) in [4.78, 5) is 6.68. The predicted molar refractivity (Wildman–Crippen MR) is 104 cm³/mol. The van der Waals surface area contributed by atoms with Crippen LogP contribution in [0.3, 0.4) is 0 Å². The summed E-state index contributed by atoms with van der Waals surface area (Å²) in [5.41, 5.74) is 3.36. The molecule has 0 fully saturated rings. The third-order valence-electron chi connectivity index (χ3n) is 4.16. The normalized spacial score (nSPS) is 10.8. The molecule has 2 aromatic heterocycles. The third-order valence-corrected chi connectivity index (χ3v) is 5.22. The summed E-state index contributed by atoms with van der Waals surface area (Å²) in [5, 5.41) is 9.60. The molecule has 6 heteroatoms. The summed E-state index contributed by atoms with van der Waals surface area (Å²) >= 11 is 1.65. The zero-order valence-corrected chi connectivity index (χ0v) is 15.7. The van der Waals surface area contributed by atoms with Gasteiger partial charge in [0.05, 0.1) is 5.69 Å². The zero-order valence-electron chi connectivity index (χ0n) is 14.9. The van der Waals surface area contributed by atoms with Gasteiger partial charge in [0.25, 0.3) is 0 Å². The van der Waals surface area contributed by atoms with Crippen LogP contribution in [0.5, 0.6) is 0 Å². The molecule has 130 valence electrons. The van der Waals surface area contributed by atoms with Crippen LogP contribution in [-0.4, -0.2) is 32.8 Å². The molecule has 25 heavy (non-hydrogen) atoms. The predicted octanol–water partition coefficient (Wildman–Crippen LogP) is 4.02. The average Bonchev–Trinajstić information content (AvgIpc) is 3.03. The molecule has 0 aliphatic rings. The van der Waals surface area contributed by atoms with Gasteiger partial charge in [-0.25, -0.2) is 0 Å². The minimum Gasteiger partial charge on any atom is -0.372 e. The second-order valence-electron chi connectivity index (χ2n) is 5.69. The van der Waals surface area contributed by atoms with E-state index >= 15 is 0 Å². The van der Waals surface area contributed by atoms with E-state index in [1.807, 2.05) is 36.0 Å². The van der Waals surface area contributed by atoms with E-state index in [0.717, 1.165) is 41.1 Å². The Balaban J connectivity index is 1.74. The van der Waals surface area contributed by atoms with Crippen LogP contribution in [0.25, 0.3) is 11.4 Å². The molecular weight excluding hydrogens is 330 g/mol. The summed E-state index contributed by atoms with van der Waals surface area (Å²) in [5.74, 6) is 1.67. The molecule has 0 spiro atoms. The molecule has 0 bridgehead atoms. The highest BCUT2D eigenvalue weighted by atomic mass is 32.2. The van der Waals surface area contributed by atoms with Gasteiger partial charge in [0, 0.05) is 43.3 Å². The van der Waals surface area contributed by atoms with Crippen LogP contribution < -0.4 is 4.90 Å². The van der Waals surface area contributed by atoms with Crippen molar-refractivity contribution in [2.45, 2.75) is 24.8 Å². The fourth-order valence-corrected chi connectivity index (χ4v) is 3.55. The van der Waals surface area contributed by atoms with E-state index in [1.54, 1.807) is 11.8 Å². The van der Waals surface area contributed by atoms with Gasteiger partial charge in [-0.1, -0.05) is 17.8 Å². The van der Waals surface area contributed by atoms with Crippen LogP contribution in [-0.2, 0) is 12.8 Å². The number of aromatic nitrogens is 4. The Morgan fingerprint density at radius 2 is 1.76 bits per heavy atom. The molecule has 0 aliphatic heterocycles. The Morgan fingerprint density at radius 1 is 1.00 bits per heavy atom. The second kappa shape index (κ2) is 8.16. The number of hydrogen-bond acceptors (Lipinski definition) is 5. The van der Waals surface area contributed by atoms with Crippen molar-refractivity contribution in [1.82, 2.24) is 19.7 Å². The van der Waals surface area contributed by atoms with Gasteiger partial charge in [-0.2, -0.15) is 0 Å². The number of rotatable bonds is 7. The fraction of sp³-hybridized carbons (Fsp3) is 0.316. The highest BCUT2D eigenvalue weighted by molar-refractivity contribution is 7.98. The first-order valence-corrected chi connectivity index (χ1v) is 9.49. The van der Waals surface area contributed by atoms with E-state index < -0.39 is 0 Å². The summed E-state index contributed by atoms with van der Waals surface area (Å²) in [6, 6.07) is 14.5. The van der Waals surface area contributed by atoms with Crippen molar-refractivity contribution >= 4 is 17.4 Å². The SMILES string of the molecule is CCN(CC)c1ccc(-c2nnc(SCc3ccccn3)n2C)cc1. The van der Waals surface area contributed by atoms with Crippen molar-refractivity contribution in [2.75, 3.05) is 18.0 Å². The molecule has 1 aromatic carbocycles. The first-order chi connectivity index (χ1) is 12.2. The Bertz CT molecular complexity index is 794. The Morgan fingerprint density at radius 3 is 2.40 bits per heavy atom. The van der Waals surface area contributed by atoms with Crippen LogP contribution in [0.4, 0.5) is 5.69 Å². The maximum Gasteiger partial charge on any atom is 0.191 e. The van der Waals surface area contributed by atoms with Crippen molar-refractivity contribution in [2.24, 2.45) is 7.05 Å². The van der Waals surface area contributed by atoms with Gasteiger partial charge in [0.1, 0.15) is 0 Å². The smallest absolute Gasteiger partial charge is 0.191 e. The van der Waals surface area contributed by atoms with E-state index in [1.165, 1.54) is 5.69 Å². The lowest BCUT2D eigenvalue weighted by Crippen LogP contribution is -2.21. The number of pyridine rings is 1. The van der Waals surface area contributed by atoms with Crippen LogP contribution in [0.15, 0.2) is 53.8 Å². The molecule has 3 aromatic rings. The molecule has 0 unspecified atom stereocenters. The van der Waals surface area contributed by atoms with E-state index in [-0.39, 0.29) is 0 Å². The van der Waals surface area contributed by atoms with Crippen molar-refractivity contribution in [3.63, 3.8) is 0 Å². The van der Waals surface area contributed by atoms with Gasteiger partial charge in [-0.15, -0.1) is 10.2 Å². The fourth-order valence-electron chi connectivity index (χ4n) is 2.72. The summed E-state index contributed by atoms with van der Waals surface area (Å²) in [6.45, 7) is 6.36. The molecule has 0 aliphatic carbocycles. The number of hydrogen-bond donors (Lipinski definition) is 0. The van der Waals surface area contributed by atoms with Crippen molar-refractivity contribution in [3.8, 4) is 11.4 Å². The molecule has 0 N–H and O–H groups in total. The Kier molecular flexibility index (Phi) is 5.71. The van der Waals surface area contributed by atoms with Crippen LogP contribution >= 0.6 is 11.8 Å². The lowest BCUT2D eigenvalue weighted by atomic mass is 10.2. The number of anilines is 1. The molecule has 0 saturated heterocycles. The Hall–Kier alpha value is -2.34. The van der Waals surface area contributed by atoms with Gasteiger partial charge in [-0.05, 0) is 50.2 Å². The van der Waals surface area contributed by atoms with Gasteiger partial charge in [0.2, 0.25) is 0 Å². The Labute approximate surface area is 153 Å². The molecule has 0 radical (unpaired) electrons. The van der Waals surface area contributed by atoms with Gasteiger partial charge >= 0.3 is 0 Å².